The smallest absolute Gasteiger partial charge is 0.191 e. The van der Waals surface area contributed by atoms with Crippen LogP contribution in [-0.4, -0.2) is 47.4 Å². The minimum Gasteiger partial charge on any atom is -0.486 e. The molecule has 0 aliphatic carbocycles. The van der Waals surface area contributed by atoms with Gasteiger partial charge in [0.25, 0.3) is 0 Å². The van der Waals surface area contributed by atoms with Gasteiger partial charge in [-0.3, -0.25) is 9.39 Å². The number of halogens is 1. The van der Waals surface area contributed by atoms with E-state index in [1.807, 2.05) is 40.9 Å². The minimum absolute atomic E-state index is 0. The summed E-state index contributed by atoms with van der Waals surface area (Å²) >= 11 is 0. The Morgan fingerprint density at radius 2 is 1.96 bits per heavy atom. The highest BCUT2D eigenvalue weighted by molar-refractivity contribution is 14.0. The lowest BCUT2D eigenvalue weighted by molar-refractivity contribution is 0.171. The van der Waals surface area contributed by atoms with Gasteiger partial charge < -0.3 is 20.1 Å². The zero-order chi connectivity index (χ0) is 18.5. The van der Waals surface area contributed by atoms with E-state index in [4.69, 9.17) is 9.47 Å². The molecule has 3 heterocycles. The summed E-state index contributed by atoms with van der Waals surface area (Å²) in [6.07, 6.45) is 2.80. The number of aromatic nitrogens is 3. The fraction of sp³-hybridized carbons (Fsp3) is 0.316. The van der Waals surface area contributed by atoms with Crippen molar-refractivity contribution < 1.29 is 9.47 Å². The lowest BCUT2D eigenvalue weighted by Gasteiger charge is -2.19. The van der Waals surface area contributed by atoms with E-state index < -0.39 is 0 Å². The predicted molar refractivity (Wildman–Crippen MR) is 118 cm³/mol. The van der Waals surface area contributed by atoms with Gasteiger partial charge in [0.05, 0.1) is 6.54 Å². The van der Waals surface area contributed by atoms with E-state index in [-0.39, 0.29) is 24.0 Å². The van der Waals surface area contributed by atoms with Gasteiger partial charge in [-0.15, -0.1) is 34.2 Å². The maximum Gasteiger partial charge on any atom is 0.191 e. The van der Waals surface area contributed by atoms with Crippen molar-refractivity contribution in [3.63, 3.8) is 0 Å². The molecule has 0 saturated carbocycles. The number of aliphatic imine (C=N–C) groups is 1. The first-order valence-electron chi connectivity index (χ1n) is 8.95. The second-order valence-corrected chi connectivity index (χ2v) is 6.13. The van der Waals surface area contributed by atoms with Crippen molar-refractivity contribution in [2.45, 2.75) is 13.0 Å². The first-order chi connectivity index (χ1) is 13.3. The summed E-state index contributed by atoms with van der Waals surface area (Å²) in [5.41, 5.74) is 2.02. The second-order valence-electron chi connectivity index (χ2n) is 6.13. The Balaban J connectivity index is 0.00000225. The molecule has 3 aromatic rings. The Labute approximate surface area is 180 Å². The molecule has 28 heavy (non-hydrogen) atoms. The first kappa shape index (κ1) is 20.2. The number of benzene rings is 1. The van der Waals surface area contributed by atoms with Gasteiger partial charge in [0, 0.05) is 19.8 Å². The largest absolute Gasteiger partial charge is 0.486 e. The highest BCUT2D eigenvalue weighted by atomic mass is 127. The molecule has 1 aromatic carbocycles. The molecule has 0 radical (unpaired) electrons. The fourth-order valence-corrected chi connectivity index (χ4v) is 2.96. The molecule has 0 unspecified atom stereocenters. The maximum absolute atomic E-state index is 5.63. The van der Waals surface area contributed by atoms with Crippen LogP contribution in [0.15, 0.2) is 47.6 Å². The third-order valence-corrected chi connectivity index (χ3v) is 4.33. The Morgan fingerprint density at radius 3 is 2.82 bits per heavy atom. The number of hydrogen-bond acceptors (Lipinski definition) is 5. The van der Waals surface area contributed by atoms with Gasteiger partial charge in [-0.05, 0) is 36.2 Å². The summed E-state index contributed by atoms with van der Waals surface area (Å²) in [6.45, 7) is 2.49. The van der Waals surface area contributed by atoms with Crippen LogP contribution < -0.4 is 20.1 Å². The number of hydrogen-bond donors (Lipinski definition) is 2. The van der Waals surface area contributed by atoms with Gasteiger partial charge in [-0.1, -0.05) is 12.1 Å². The number of nitrogens with zero attached hydrogens (tertiary/aromatic N) is 4. The molecule has 1 aliphatic heterocycles. The van der Waals surface area contributed by atoms with Crippen LogP contribution in [0.1, 0.15) is 11.4 Å². The molecular formula is C19H23IN6O2. The number of fused-ring (bicyclic) bond motifs is 2. The Kier molecular flexibility index (Phi) is 6.90. The van der Waals surface area contributed by atoms with Crippen LogP contribution >= 0.6 is 24.0 Å². The topological polar surface area (TPSA) is 85.1 Å². The molecule has 0 saturated heterocycles. The van der Waals surface area contributed by atoms with Crippen molar-refractivity contribution in [1.82, 2.24) is 25.2 Å². The fourth-order valence-electron chi connectivity index (χ4n) is 2.96. The standard InChI is InChI=1S/C19H22N6O2.HI/c1-20-19(22-13-18-24-23-17-4-2-3-9-25(17)18)21-8-7-14-5-6-15-16(12-14)27-11-10-26-15;/h2-6,9,12H,7-8,10-11,13H2,1H3,(H2,20,21,22);1H. The lowest BCUT2D eigenvalue weighted by Crippen LogP contribution is -2.38. The zero-order valence-corrected chi connectivity index (χ0v) is 17.9. The van der Waals surface area contributed by atoms with E-state index in [2.05, 4.69) is 31.9 Å². The number of ether oxygens (including phenoxy) is 2. The average Bonchev–Trinajstić information content (AvgIpc) is 3.13. The molecule has 148 valence electrons. The van der Waals surface area contributed by atoms with E-state index in [1.54, 1.807) is 7.05 Å². The summed E-state index contributed by atoms with van der Waals surface area (Å²) < 4.78 is 13.1. The molecule has 0 atom stereocenters. The van der Waals surface area contributed by atoms with E-state index in [0.717, 1.165) is 41.9 Å². The summed E-state index contributed by atoms with van der Waals surface area (Å²) in [6, 6.07) is 11.9. The monoisotopic (exact) mass is 494 g/mol. The lowest BCUT2D eigenvalue weighted by atomic mass is 10.1. The van der Waals surface area contributed by atoms with Gasteiger partial charge in [0.2, 0.25) is 0 Å². The molecule has 1 aliphatic rings. The van der Waals surface area contributed by atoms with Crippen LogP contribution in [0.4, 0.5) is 0 Å². The molecule has 0 spiro atoms. The van der Waals surface area contributed by atoms with Crippen LogP contribution in [0, 0.1) is 0 Å². The average molecular weight is 494 g/mol. The molecule has 2 aromatic heterocycles. The summed E-state index contributed by atoms with van der Waals surface area (Å²) in [7, 11) is 1.75. The van der Waals surface area contributed by atoms with Gasteiger partial charge in [0.15, 0.2) is 28.9 Å². The molecule has 9 heteroatoms. The van der Waals surface area contributed by atoms with Gasteiger partial charge in [-0.2, -0.15) is 0 Å². The molecule has 4 rings (SSSR count). The number of rotatable bonds is 5. The number of guanidine groups is 1. The van der Waals surface area contributed by atoms with Crippen LogP contribution in [0.25, 0.3) is 5.65 Å². The zero-order valence-electron chi connectivity index (χ0n) is 15.6. The number of nitrogens with one attached hydrogen (secondary N) is 2. The van der Waals surface area contributed by atoms with Crippen molar-refractivity contribution in [3.05, 3.63) is 54.0 Å². The minimum atomic E-state index is 0. The predicted octanol–water partition coefficient (Wildman–Crippen LogP) is 2.03. The van der Waals surface area contributed by atoms with Crippen LogP contribution in [0.3, 0.4) is 0 Å². The highest BCUT2D eigenvalue weighted by Crippen LogP contribution is 2.30. The molecular weight excluding hydrogens is 471 g/mol. The van der Waals surface area contributed by atoms with Crippen molar-refractivity contribution in [1.29, 1.82) is 0 Å². The maximum atomic E-state index is 5.63. The van der Waals surface area contributed by atoms with Crippen molar-refractivity contribution >= 4 is 35.6 Å². The van der Waals surface area contributed by atoms with Crippen LogP contribution in [0.2, 0.25) is 0 Å². The van der Waals surface area contributed by atoms with Gasteiger partial charge >= 0.3 is 0 Å². The molecule has 0 fully saturated rings. The van der Waals surface area contributed by atoms with Crippen molar-refractivity contribution in [3.8, 4) is 11.5 Å². The molecule has 2 N–H and O–H groups in total. The molecule has 8 nitrogen and oxygen atoms in total. The van der Waals surface area contributed by atoms with E-state index in [1.165, 1.54) is 5.56 Å². The molecule has 0 bridgehead atoms. The summed E-state index contributed by atoms with van der Waals surface area (Å²) in [4.78, 5) is 4.26. The van der Waals surface area contributed by atoms with Crippen LogP contribution in [0.5, 0.6) is 11.5 Å². The Bertz CT molecular complexity index is 959. The van der Waals surface area contributed by atoms with E-state index in [0.29, 0.717) is 19.8 Å². The van der Waals surface area contributed by atoms with Crippen molar-refractivity contribution in [2.24, 2.45) is 4.99 Å². The third kappa shape index (κ3) is 4.64. The third-order valence-electron chi connectivity index (χ3n) is 4.33. The van der Waals surface area contributed by atoms with E-state index in [9.17, 15) is 0 Å². The van der Waals surface area contributed by atoms with Gasteiger partial charge in [0.1, 0.15) is 13.2 Å². The summed E-state index contributed by atoms with van der Waals surface area (Å²) in [5.74, 6) is 3.19. The van der Waals surface area contributed by atoms with Gasteiger partial charge in [-0.25, -0.2) is 0 Å². The quantitative estimate of drug-likeness (QED) is 0.321. The highest BCUT2D eigenvalue weighted by Gasteiger charge is 2.11. The van der Waals surface area contributed by atoms with E-state index >= 15 is 0 Å². The summed E-state index contributed by atoms with van der Waals surface area (Å²) in [5, 5.41) is 15.0. The second kappa shape index (κ2) is 9.58. The van der Waals surface area contributed by atoms with Crippen molar-refractivity contribution in [2.75, 3.05) is 26.8 Å². The van der Waals surface area contributed by atoms with Crippen LogP contribution in [-0.2, 0) is 13.0 Å². The Hall–Kier alpha value is -2.56. The number of pyridine rings is 1. The normalized spacial score (nSPS) is 13.1. The SMILES string of the molecule is CN=C(NCCc1ccc2c(c1)OCCO2)NCc1nnc2ccccn12.I. The Morgan fingerprint density at radius 1 is 1.11 bits per heavy atom. The molecule has 0 amide bonds. The first-order valence-corrected chi connectivity index (χ1v) is 8.95.